The normalized spacial score (nSPS) is 14.5. The van der Waals surface area contributed by atoms with Gasteiger partial charge in [-0.1, -0.05) is 13.0 Å². The van der Waals surface area contributed by atoms with E-state index >= 15 is 0 Å². The maximum Gasteiger partial charge on any atom is 0.231 e. The van der Waals surface area contributed by atoms with E-state index in [1.165, 1.54) is 0 Å². The lowest BCUT2D eigenvalue weighted by molar-refractivity contribution is 0.174. The van der Waals surface area contributed by atoms with Gasteiger partial charge in [-0.15, -0.1) is 0 Å². The number of benzene rings is 1. The minimum atomic E-state index is 0.206. The van der Waals surface area contributed by atoms with Crippen molar-refractivity contribution in [1.29, 1.82) is 0 Å². The first-order valence-electron chi connectivity index (χ1n) is 7.35. The molecule has 5 nitrogen and oxygen atoms in total. The van der Waals surface area contributed by atoms with Crippen LogP contribution >= 0.6 is 0 Å². The lowest BCUT2D eigenvalue weighted by atomic mass is 10.0. The van der Waals surface area contributed by atoms with Gasteiger partial charge in [0.1, 0.15) is 5.65 Å². The number of nitrogens with zero attached hydrogens (tertiary/aromatic N) is 2. The maximum absolute atomic E-state index is 5.91. The van der Waals surface area contributed by atoms with Crippen molar-refractivity contribution in [1.82, 2.24) is 9.38 Å². The molecule has 3 heterocycles. The number of hydrogen-bond acceptors (Lipinski definition) is 4. The first-order valence-corrected chi connectivity index (χ1v) is 7.35. The topological polar surface area (TPSA) is 61.8 Å². The van der Waals surface area contributed by atoms with Gasteiger partial charge in [0.25, 0.3) is 0 Å². The molecule has 2 aromatic heterocycles. The lowest BCUT2D eigenvalue weighted by Crippen LogP contribution is -2.12. The van der Waals surface area contributed by atoms with E-state index in [9.17, 15) is 0 Å². The molecule has 0 aliphatic carbocycles. The molecule has 0 saturated heterocycles. The first-order chi connectivity index (χ1) is 10.8. The van der Waals surface area contributed by atoms with Gasteiger partial charge >= 0.3 is 0 Å². The number of imidazole rings is 1. The number of pyridine rings is 1. The average Bonchev–Trinajstić information content (AvgIpc) is 3.17. The third-order valence-corrected chi connectivity index (χ3v) is 4.03. The van der Waals surface area contributed by atoms with Crippen molar-refractivity contribution in [2.75, 3.05) is 13.3 Å². The fourth-order valence-electron chi connectivity index (χ4n) is 2.85. The molecular weight excluding hydrogens is 278 g/mol. The molecule has 4 rings (SSSR count). The van der Waals surface area contributed by atoms with E-state index in [0.717, 1.165) is 34.1 Å². The smallest absolute Gasteiger partial charge is 0.231 e. The van der Waals surface area contributed by atoms with Crippen molar-refractivity contribution in [3.05, 3.63) is 48.3 Å². The zero-order valence-corrected chi connectivity index (χ0v) is 12.3. The highest BCUT2D eigenvalue weighted by Crippen LogP contribution is 2.38. The van der Waals surface area contributed by atoms with Crippen LogP contribution in [0.25, 0.3) is 16.9 Å². The number of hydrogen-bond donors (Lipinski definition) is 1. The molecule has 0 radical (unpaired) electrons. The predicted octanol–water partition coefficient (Wildman–Crippen LogP) is 2.79. The van der Waals surface area contributed by atoms with Gasteiger partial charge in [-0.05, 0) is 30.3 Å². The molecule has 2 N–H and O–H groups in total. The molecule has 112 valence electrons. The van der Waals surface area contributed by atoms with Crippen molar-refractivity contribution in [2.45, 2.75) is 12.8 Å². The summed E-state index contributed by atoms with van der Waals surface area (Å²) < 4.78 is 13.0. The number of nitrogens with two attached hydrogens (primary N) is 1. The van der Waals surface area contributed by atoms with Crippen LogP contribution in [-0.4, -0.2) is 22.7 Å². The Labute approximate surface area is 128 Å². The van der Waals surface area contributed by atoms with E-state index < -0.39 is 0 Å². The SMILES string of the molecule is CC(CN)c1c(-c2ccc3c(c2)OCO3)nc2ccccn12. The van der Waals surface area contributed by atoms with Crippen LogP contribution < -0.4 is 15.2 Å². The molecule has 1 aromatic carbocycles. The second kappa shape index (κ2) is 5.03. The van der Waals surface area contributed by atoms with E-state index in [1.54, 1.807) is 0 Å². The Morgan fingerprint density at radius 1 is 1.23 bits per heavy atom. The third kappa shape index (κ3) is 1.94. The summed E-state index contributed by atoms with van der Waals surface area (Å²) >= 11 is 0. The van der Waals surface area contributed by atoms with Crippen LogP contribution in [0.5, 0.6) is 11.5 Å². The van der Waals surface area contributed by atoms with Gasteiger partial charge in [-0.25, -0.2) is 4.98 Å². The monoisotopic (exact) mass is 295 g/mol. The molecule has 0 saturated carbocycles. The van der Waals surface area contributed by atoms with Gasteiger partial charge < -0.3 is 19.6 Å². The van der Waals surface area contributed by atoms with Gasteiger partial charge in [0, 0.05) is 24.2 Å². The first kappa shape index (κ1) is 13.2. The Balaban J connectivity index is 1.94. The molecule has 1 atom stereocenters. The predicted molar refractivity (Wildman–Crippen MR) is 84.2 cm³/mol. The Morgan fingerprint density at radius 2 is 2.09 bits per heavy atom. The molecular formula is C17H17N3O2. The zero-order chi connectivity index (χ0) is 15.1. The van der Waals surface area contributed by atoms with Crippen molar-refractivity contribution >= 4 is 5.65 Å². The number of ether oxygens (including phenoxy) is 2. The van der Waals surface area contributed by atoms with Gasteiger partial charge in [-0.2, -0.15) is 0 Å². The molecule has 22 heavy (non-hydrogen) atoms. The van der Waals surface area contributed by atoms with Crippen LogP contribution in [0.3, 0.4) is 0 Å². The zero-order valence-electron chi connectivity index (χ0n) is 12.3. The molecule has 5 heteroatoms. The Bertz CT molecular complexity index is 841. The van der Waals surface area contributed by atoms with E-state index in [1.807, 2.05) is 42.6 Å². The van der Waals surface area contributed by atoms with Crippen molar-refractivity contribution < 1.29 is 9.47 Å². The van der Waals surface area contributed by atoms with E-state index in [0.29, 0.717) is 6.54 Å². The summed E-state index contributed by atoms with van der Waals surface area (Å²) in [5.74, 6) is 1.75. The quantitative estimate of drug-likeness (QED) is 0.807. The number of aromatic nitrogens is 2. The van der Waals surface area contributed by atoms with Crippen molar-refractivity contribution in [2.24, 2.45) is 5.73 Å². The minimum Gasteiger partial charge on any atom is -0.454 e. The summed E-state index contributed by atoms with van der Waals surface area (Å²) in [4.78, 5) is 4.79. The van der Waals surface area contributed by atoms with Crippen LogP contribution in [0, 0.1) is 0 Å². The van der Waals surface area contributed by atoms with Crippen molar-refractivity contribution in [3.8, 4) is 22.8 Å². The van der Waals surface area contributed by atoms with Gasteiger partial charge in [-0.3, -0.25) is 0 Å². The second-order valence-electron chi connectivity index (χ2n) is 5.48. The minimum absolute atomic E-state index is 0.206. The largest absolute Gasteiger partial charge is 0.454 e. The molecule has 0 spiro atoms. The molecule has 1 aliphatic heterocycles. The van der Waals surface area contributed by atoms with Crippen LogP contribution in [0.4, 0.5) is 0 Å². The Morgan fingerprint density at radius 3 is 2.95 bits per heavy atom. The van der Waals surface area contributed by atoms with E-state index in [-0.39, 0.29) is 12.7 Å². The fraction of sp³-hybridized carbons (Fsp3) is 0.235. The summed E-state index contributed by atoms with van der Waals surface area (Å²) in [6.45, 7) is 2.96. The number of rotatable bonds is 3. The van der Waals surface area contributed by atoms with Gasteiger partial charge in [0.15, 0.2) is 11.5 Å². The molecule has 1 unspecified atom stereocenters. The van der Waals surface area contributed by atoms with Gasteiger partial charge in [0.2, 0.25) is 6.79 Å². The molecule has 3 aromatic rings. The standard InChI is InChI=1S/C17H17N3O2/c1-11(9-18)17-16(19-15-4-2-3-7-20(15)17)12-5-6-13-14(8-12)22-10-21-13/h2-8,11H,9-10,18H2,1H3. The van der Waals surface area contributed by atoms with Crippen LogP contribution in [-0.2, 0) is 0 Å². The number of fused-ring (bicyclic) bond motifs is 2. The van der Waals surface area contributed by atoms with Crippen LogP contribution in [0.1, 0.15) is 18.5 Å². The van der Waals surface area contributed by atoms with Crippen molar-refractivity contribution in [3.63, 3.8) is 0 Å². The maximum atomic E-state index is 5.91. The fourth-order valence-corrected chi connectivity index (χ4v) is 2.85. The highest BCUT2D eigenvalue weighted by molar-refractivity contribution is 5.70. The lowest BCUT2D eigenvalue weighted by Gasteiger charge is -2.11. The summed E-state index contributed by atoms with van der Waals surface area (Å²) in [6.07, 6.45) is 2.03. The molecule has 0 bridgehead atoms. The molecule has 1 aliphatic rings. The second-order valence-corrected chi connectivity index (χ2v) is 5.48. The highest BCUT2D eigenvalue weighted by atomic mass is 16.7. The summed E-state index contributed by atoms with van der Waals surface area (Å²) in [7, 11) is 0. The summed E-state index contributed by atoms with van der Waals surface area (Å²) in [6, 6.07) is 11.9. The third-order valence-electron chi connectivity index (χ3n) is 4.03. The highest BCUT2D eigenvalue weighted by Gasteiger charge is 2.21. The van der Waals surface area contributed by atoms with E-state index in [4.69, 9.17) is 20.2 Å². The molecule has 0 amide bonds. The van der Waals surface area contributed by atoms with Crippen LogP contribution in [0.15, 0.2) is 42.6 Å². The Hall–Kier alpha value is -2.53. The summed E-state index contributed by atoms with van der Waals surface area (Å²) in [5, 5.41) is 0. The Kier molecular flexibility index (Phi) is 3.01. The van der Waals surface area contributed by atoms with Gasteiger partial charge in [0.05, 0.1) is 11.4 Å². The summed E-state index contributed by atoms with van der Waals surface area (Å²) in [5.41, 5.74) is 9.91. The average molecular weight is 295 g/mol. The van der Waals surface area contributed by atoms with Crippen LogP contribution in [0.2, 0.25) is 0 Å². The molecule has 0 fully saturated rings. The van der Waals surface area contributed by atoms with E-state index in [2.05, 4.69) is 11.3 Å².